The number of carbonyl (C=O) groups excluding carboxylic acids is 1. The van der Waals surface area contributed by atoms with Crippen LogP contribution in [0.2, 0.25) is 0 Å². The number of ether oxygens (including phenoxy) is 1. The number of rotatable bonds is 8. The molecule has 4 rings (SSSR count). The molecule has 0 atom stereocenters. The van der Waals surface area contributed by atoms with E-state index in [4.69, 9.17) is 9.72 Å². The summed E-state index contributed by atoms with van der Waals surface area (Å²) in [5, 5.41) is 10.8. The number of benzene rings is 1. The van der Waals surface area contributed by atoms with Gasteiger partial charge in [0.25, 0.3) is 0 Å². The Morgan fingerprint density at radius 1 is 1.18 bits per heavy atom. The van der Waals surface area contributed by atoms with Crippen LogP contribution in [-0.4, -0.2) is 47.0 Å². The number of hydrogen-bond acceptors (Lipinski definition) is 6. The van der Waals surface area contributed by atoms with E-state index in [-0.39, 0.29) is 5.91 Å². The van der Waals surface area contributed by atoms with Gasteiger partial charge in [-0.2, -0.15) is 5.10 Å². The molecule has 0 radical (unpaired) electrons. The summed E-state index contributed by atoms with van der Waals surface area (Å²) in [6.45, 7) is 12.7. The van der Waals surface area contributed by atoms with Crippen LogP contribution in [0.4, 0.5) is 10.8 Å². The molecule has 8 heteroatoms. The van der Waals surface area contributed by atoms with Crippen molar-refractivity contribution in [3.8, 4) is 11.3 Å². The van der Waals surface area contributed by atoms with Gasteiger partial charge in [-0.05, 0) is 43.9 Å². The van der Waals surface area contributed by atoms with Crippen LogP contribution in [0.3, 0.4) is 0 Å². The van der Waals surface area contributed by atoms with Crippen molar-refractivity contribution in [3.05, 3.63) is 46.6 Å². The number of amides is 1. The summed E-state index contributed by atoms with van der Waals surface area (Å²) in [6.07, 6.45) is 1.13. The zero-order chi connectivity index (χ0) is 23.4. The van der Waals surface area contributed by atoms with Gasteiger partial charge in [0, 0.05) is 48.4 Å². The maximum absolute atomic E-state index is 12.6. The number of aryl methyl sites for hydroxylation is 1. The Morgan fingerprint density at radius 2 is 1.91 bits per heavy atom. The number of aromatic nitrogens is 3. The van der Waals surface area contributed by atoms with Gasteiger partial charge in [-0.25, -0.2) is 4.98 Å². The number of nitrogens with one attached hydrogen (secondary N) is 1. The summed E-state index contributed by atoms with van der Waals surface area (Å²) in [7, 11) is 0. The van der Waals surface area contributed by atoms with Crippen molar-refractivity contribution in [2.45, 2.75) is 47.1 Å². The number of nitrogens with zero attached hydrogens (tertiary/aromatic N) is 4. The highest BCUT2D eigenvalue weighted by molar-refractivity contribution is 7.14. The first-order valence-electron chi connectivity index (χ1n) is 11.6. The van der Waals surface area contributed by atoms with Crippen LogP contribution < -0.4 is 10.2 Å². The molecule has 1 saturated heterocycles. The van der Waals surface area contributed by atoms with Crippen LogP contribution >= 0.6 is 11.3 Å². The third kappa shape index (κ3) is 5.81. The van der Waals surface area contributed by atoms with Crippen molar-refractivity contribution in [2.75, 3.05) is 36.5 Å². The predicted octanol–water partition coefficient (Wildman–Crippen LogP) is 4.69. The maximum atomic E-state index is 12.6. The molecule has 7 nitrogen and oxygen atoms in total. The highest BCUT2D eigenvalue weighted by atomic mass is 32.1. The summed E-state index contributed by atoms with van der Waals surface area (Å²) in [5.41, 5.74) is 6.18. The molecule has 3 aromatic rings. The molecule has 0 bridgehead atoms. The highest BCUT2D eigenvalue weighted by Crippen LogP contribution is 2.28. The fourth-order valence-corrected chi connectivity index (χ4v) is 4.99. The molecule has 33 heavy (non-hydrogen) atoms. The van der Waals surface area contributed by atoms with Crippen molar-refractivity contribution < 1.29 is 9.53 Å². The summed E-state index contributed by atoms with van der Waals surface area (Å²) < 4.78 is 7.49. The second kappa shape index (κ2) is 10.5. The number of hydrogen-bond donors (Lipinski definition) is 1. The molecular formula is C25H33N5O2S. The Bertz CT molecular complexity index is 1080. The lowest BCUT2D eigenvalue weighted by Gasteiger charge is -2.26. The Balaban J connectivity index is 1.32. The average molecular weight is 468 g/mol. The monoisotopic (exact) mass is 467 g/mol. The second-order valence-corrected chi connectivity index (χ2v) is 9.80. The normalized spacial score (nSPS) is 14.2. The molecular weight excluding hydrogens is 434 g/mol. The molecule has 1 aliphatic heterocycles. The third-order valence-corrected chi connectivity index (χ3v) is 6.81. The lowest BCUT2D eigenvalue weighted by atomic mass is 10.1. The molecule has 1 amide bonds. The van der Waals surface area contributed by atoms with Crippen LogP contribution in [0.15, 0.2) is 29.6 Å². The van der Waals surface area contributed by atoms with E-state index in [1.165, 1.54) is 5.56 Å². The summed E-state index contributed by atoms with van der Waals surface area (Å²) >= 11 is 1.66. The standard InChI is InChI=1S/C25H33N5O2S/c1-17(2)15-30-19(4)22(18(3)28-30)9-10-24(31)26-21-7-5-20(6-8-21)23-16-33-25(27-23)29-11-13-32-14-12-29/h5-8,16-17H,9-15H2,1-4H3,(H,26,31). The van der Waals surface area contributed by atoms with Gasteiger partial charge >= 0.3 is 0 Å². The first kappa shape index (κ1) is 23.4. The van der Waals surface area contributed by atoms with E-state index in [1.807, 2.05) is 31.2 Å². The molecule has 0 spiro atoms. The maximum Gasteiger partial charge on any atom is 0.224 e. The van der Waals surface area contributed by atoms with E-state index in [9.17, 15) is 4.79 Å². The molecule has 1 N–H and O–H groups in total. The molecule has 0 unspecified atom stereocenters. The summed E-state index contributed by atoms with van der Waals surface area (Å²) in [5.74, 6) is 0.554. The average Bonchev–Trinajstić information content (AvgIpc) is 3.39. The fourth-order valence-electron chi connectivity index (χ4n) is 4.10. The first-order valence-corrected chi connectivity index (χ1v) is 12.5. The Kier molecular flexibility index (Phi) is 7.45. The van der Waals surface area contributed by atoms with E-state index >= 15 is 0 Å². The number of morpholine rings is 1. The third-order valence-electron chi connectivity index (χ3n) is 5.91. The molecule has 1 aromatic carbocycles. The van der Waals surface area contributed by atoms with Crippen LogP contribution in [0.25, 0.3) is 11.3 Å². The lowest BCUT2D eigenvalue weighted by molar-refractivity contribution is -0.116. The highest BCUT2D eigenvalue weighted by Gasteiger charge is 2.16. The van der Waals surface area contributed by atoms with Crippen molar-refractivity contribution in [2.24, 2.45) is 5.92 Å². The second-order valence-electron chi connectivity index (χ2n) is 8.97. The van der Waals surface area contributed by atoms with Gasteiger partial charge in [0.05, 0.1) is 24.6 Å². The number of carbonyl (C=O) groups is 1. The first-order chi connectivity index (χ1) is 15.9. The largest absolute Gasteiger partial charge is 0.378 e. The zero-order valence-electron chi connectivity index (χ0n) is 19.9. The van der Waals surface area contributed by atoms with Gasteiger partial charge in [-0.3, -0.25) is 9.48 Å². The number of anilines is 2. The molecule has 3 heterocycles. The van der Waals surface area contributed by atoms with E-state index in [2.05, 4.69) is 46.1 Å². The predicted molar refractivity (Wildman–Crippen MR) is 134 cm³/mol. The van der Waals surface area contributed by atoms with Crippen LogP contribution in [0.5, 0.6) is 0 Å². The Labute approximate surface area is 199 Å². The van der Waals surface area contributed by atoms with Crippen LogP contribution in [0, 0.1) is 19.8 Å². The summed E-state index contributed by atoms with van der Waals surface area (Å²) in [6, 6.07) is 7.91. The van der Waals surface area contributed by atoms with Crippen LogP contribution in [-0.2, 0) is 22.5 Å². The van der Waals surface area contributed by atoms with E-state index in [0.717, 1.165) is 66.3 Å². The van der Waals surface area contributed by atoms with E-state index in [0.29, 0.717) is 18.8 Å². The van der Waals surface area contributed by atoms with Crippen LogP contribution in [0.1, 0.15) is 37.2 Å². The molecule has 0 saturated carbocycles. The van der Waals surface area contributed by atoms with Gasteiger partial charge in [0.2, 0.25) is 5.91 Å². The van der Waals surface area contributed by atoms with Crippen molar-refractivity contribution in [3.63, 3.8) is 0 Å². The fraction of sp³-hybridized carbons (Fsp3) is 0.480. The molecule has 0 aliphatic carbocycles. The molecule has 1 fully saturated rings. The van der Waals surface area contributed by atoms with Crippen molar-refractivity contribution >= 4 is 28.1 Å². The van der Waals surface area contributed by atoms with Gasteiger partial charge in [-0.15, -0.1) is 11.3 Å². The zero-order valence-corrected chi connectivity index (χ0v) is 20.7. The van der Waals surface area contributed by atoms with Crippen molar-refractivity contribution in [1.29, 1.82) is 0 Å². The number of thiazole rings is 1. The topological polar surface area (TPSA) is 72.3 Å². The van der Waals surface area contributed by atoms with Crippen molar-refractivity contribution in [1.82, 2.24) is 14.8 Å². The SMILES string of the molecule is Cc1nn(CC(C)C)c(C)c1CCC(=O)Nc1ccc(-c2csc(N3CCOCC3)n2)cc1. The minimum Gasteiger partial charge on any atom is -0.378 e. The molecule has 176 valence electrons. The Hall–Kier alpha value is -2.71. The van der Waals surface area contributed by atoms with Gasteiger partial charge in [-0.1, -0.05) is 26.0 Å². The molecule has 2 aromatic heterocycles. The van der Waals surface area contributed by atoms with E-state index in [1.54, 1.807) is 11.3 Å². The van der Waals surface area contributed by atoms with Gasteiger partial charge < -0.3 is 15.0 Å². The van der Waals surface area contributed by atoms with Gasteiger partial charge in [0.15, 0.2) is 5.13 Å². The minimum atomic E-state index is 0.0152. The smallest absolute Gasteiger partial charge is 0.224 e. The summed E-state index contributed by atoms with van der Waals surface area (Å²) in [4.78, 5) is 19.6. The molecule has 1 aliphatic rings. The van der Waals surface area contributed by atoms with Gasteiger partial charge in [0.1, 0.15) is 0 Å². The quantitative estimate of drug-likeness (QED) is 0.520. The minimum absolute atomic E-state index is 0.0152. The lowest BCUT2D eigenvalue weighted by Crippen LogP contribution is -2.36. The van der Waals surface area contributed by atoms with E-state index < -0.39 is 0 Å². The Morgan fingerprint density at radius 3 is 2.61 bits per heavy atom.